The zero-order chi connectivity index (χ0) is 14.6. The first kappa shape index (κ1) is 15.4. The molecule has 0 spiro atoms. The monoisotopic (exact) mass is 275 g/mol. The van der Waals surface area contributed by atoms with Crippen LogP contribution in [0.2, 0.25) is 0 Å². The van der Waals surface area contributed by atoms with Gasteiger partial charge in [-0.25, -0.2) is 0 Å². The molecule has 1 fully saturated rings. The van der Waals surface area contributed by atoms with Gasteiger partial charge in [-0.2, -0.15) is 0 Å². The van der Waals surface area contributed by atoms with Gasteiger partial charge in [-0.3, -0.25) is 0 Å². The Kier molecular flexibility index (Phi) is 5.09. The lowest BCUT2D eigenvalue weighted by molar-refractivity contribution is 0.227. The number of rotatable bonds is 7. The lowest BCUT2D eigenvalue weighted by atomic mass is 9.64. The molecule has 1 saturated carbocycles. The van der Waals surface area contributed by atoms with E-state index in [0.29, 0.717) is 17.4 Å². The van der Waals surface area contributed by atoms with Gasteiger partial charge >= 0.3 is 0 Å². The summed E-state index contributed by atoms with van der Waals surface area (Å²) in [6, 6.07) is 9.34. The fraction of sp³-hybridized carbons (Fsp3) is 0.667. The van der Waals surface area contributed by atoms with E-state index >= 15 is 0 Å². The van der Waals surface area contributed by atoms with Gasteiger partial charge in [0.25, 0.3) is 0 Å². The average molecular weight is 275 g/mol. The standard InChI is InChI=1S/C18H29NO/c1-14(2)12-20-17-8-6-16(7-9-17)18(10-5-11-18)13-19-15(3)4/h6-9,14-15,19H,5,10-13H2,1-4H3. The van der Waals surface area contributed by atoms with Gasteiger partial charge in [0.05, 0.1) is 6.61 Å². The number of benzene rings is 1. The third-order valence-corrected chi connectivity index (χ3v) is 4.21. The van der Waals surface area contributed by atoms with Crippen LogP contribution in [-0.4, -0.2) is 19.2 Å². The molecule has 0 aliphatic heterocycles. The van der Waals surface area contributed by atoms with Crippen molar-refractivity contribution in [2.24, 2.45) is 5.92 Å². The fourth-order valence-corrected chi connectivity index (χ4v) is 2.74. The summed E-state index contributed by atoms with van der Waals surface area (Å²) in [6.07, 6.45) is 3.96. The van der Waals surface area contributed by atoms with Gasteiger partial charge in [-0.05, 0) is 36.5 Å². The highest BCUT2D eigenvalue weighted by molar-refractivity contribution is 5.34. The van der Waals surface area contributed by atoms with Crippen molar-refractivity contribution in [2.75, 3.05) is 13.2 Å². The van der Waals surface area contributed by atoms with Crippen molar-refractivity contribution in [1.29, 1.82) is 0 Å². The zero-order valence-electron chi connectivity index (χ0n) is 13.4. The van der Waals surface area contributed by atoms with Crippen molar-refractivity contribution in [3.63, 3.8) is 0 Å². The number of nitrogens with one attached hydrogen (secondary N) is 1. The normalized spacial score (nSPS) is 17.3. The predicted octanol–water partition coefficient (Wildman–Crippen LogP) is 4.14. The Bertz CT molecular complexity index is 404. The molecule has 1 N–H and O–H groups in total. The van der Waals surface area contributed by atoms with Crippen molar-refractivity contribution < 1.29 is 4.74 Å². The van der Waals surface area contributed by atoms with Crippen LogP contribution < -0.4 is 10.1 Å². The Labute approximate surface area is 123 Å². The molecular formula is C18H29NO. The van der Waals surface area contributed by atoms with Gasteiger partial charge in [-0.15, -0.1) is 0 Å². The lowest BCUT2D eigenvalue weighted by Gasteiger charge is -2.43. The molecule has 0 aromatic heterocycles. The summed E-state index contributed by atoms with van der Waals surface area (Å²) < 4.78 is 5.77. The first-order valence-electron chi connectivity index (χ1n) is 7.98. The topological polar surface area (TPSA) is 21.3 Å². The summed E-state index contributed by atoms with van der Waals surface area (Å²) in [5, 5.41) is 3.61. The Balaban J connectivity index is 2.00. The Morgan fingerprint density at radius 1 is 1.10 bits per heavy atom. The third-order valence-electron chi connectivity index (χ3n) is 4.21. The van der Waals surface area contributed by atoms with Crippen molar-refractivity contribution in [3.05, 3.63) is 29.8 Å². The SMILES string of the molecule is CC(C)COc1ccc(C2(CNC(C)C)CCC2)cc1. The van der Waals surface area contributed by atoms with Gasteiger partial charge in [-0.1, -0.05) is 46.2 Å². The quantitative estimate of drug-likeness (QED) is 0.807. The molecule has 0 heterocycles. The molecule has 1 aliphatic carbocycles. The first-order chi connectivity index (χ1) is 9.52. The van der Waals surface area contributed by atoms with Gasteiger partial charge in [0.1, 0.15) is 5.75 Å². The molecule has 1 aliphatic rings. The molecular weight excluding hydrogens is 246 g/mol. The van der Waals surface area contributed by atoms with Gasteiger partial charge < -0.3 is 10.1 Å². The van der Waals surface area contributed by atoms with Crippen LogP contribution >= 0.6 is 0 Å². The molecule has 112 valence electrons. The summed E-state index contributed by atoms with van der Waals surface area (Å²) >= 11 is 0. The van der Waals surface area contributed by atoms with Crippen molar-refractivity contribution in [2.45, 2.75) is 58.4 Å². The molecule has 2 nitrogen and oxygen atoms in total. The van der Waals surface area contributed by atoms with Crippen LogP contribution in [0.25, 0.3) is 0 Å². The fourth-order valence-electron chi connectivity index (χ4n) is 2.74. The average Bonchev–Trinajstić information content (AvgIpc) is 2.36. The molecule has 0 atom stereocenters. The van der Waals surface area contributed by atoms with E-state index in [4.69, 9.17) is 4.74 Å². The van der Waals surface area contributed by atoms with Crippen LogP contribution in [0.5, 0.6) is 5.75 Å². The van der Waals surface area contributed by atoms with Crippen LogP contribution in [0.3, 0.4) is 0 Å². The van der Waals surface area contributed by atoms with E-state index in [2.05, 4.69) is 57.3 Å². The molecule has 0 bridgehead atoms. The largest absolute Gasteiger partial charge is 0.493 e. The molecule has 2 heteroatoms. The Morgan fingerprint density at radius 2 is 1.75 bits per heavy atom. The molecule has 0 saturated heterocycles. The second kappa shape index (κ2) is 6.62. The van der Waals surface area contributed by atoms with E-state index in [9.17, 15) is 0 Å². The molecule has 0 unspecified atom stereocenters. The molecule has 0 amide bonds. The molecule has 1 aromatic rings. The highest BCUT2D eigenvalue weighted by atomic mass is 16.5. The van der Waals surface area contributed by atoms with Gasteiger partial charge in [0, 0.05) is 18.0 Å². The summed E-state index contributed by atoms with van der Waals surface area (Å²) in [5.41, 5.74) is 1.83. The van der Waals surface area contributed by atoms with Crippen LogP contribution in [-0.2, 0) is 5.41 Å². The molecule has 1 aromatic carbocycles. The number of ether oxygens (including phenoxy) is 1. The van der Waals surface area contributed by atoms with Crippen molar-refractivity contribution in [3.8, 4) is 5.75 Å². The second-order valence-electron chi connectivity index (χ2n) is 6.90. The van der Waals surface area contributed by atoms with Crippen molar-refractivity contribution in [1.82, 2.24) is 5.32 Å². The molecule has 0 radical (unpaired) electrons. The van der Waals surface area contributed by atoms with E-state index in [1.54, 1.807) is 0 Å². The maximum Gasteiger partial charge on any atom is 0.119 e. The zero-order valence-corrected chi connectivity index (χ0v) is 13.4. The Hall–Kier alpha value is -1.02. The lowest BCUT2D eigenvalue weighted by Crippen LogP contribution is -2.45. The van der Waals surface area contributed by atoms with Crippen LogP contribution in [0.15, 0.2) is 24.3 Å². The Morgan fingerprint density at radius 3 is 2.20 bits per heavy atom. The summed E-state index contributed by atoms with van der Waals surface area (Å²) in [7, 11) is 0. The van der Waals surface area contributed by atoms with Crippen LogP contribution in [0.1, 0.15) is 52.5 Å². The van der Waals surface area contributed by atoms with E-state index < -0.39 is 0 Å². The van der Waals surface area contributed by atoms with Crippen LogP contribution in [0.4, 0.5) is 0 Å². The van der Waals surface area contributed by atoms with Crippen LogP contribution in [0, 0.1) is 5.92 Å². The number of hydrogen-bond donors (Lipinski definition) is 1. The minimum absolute atomic E-state index is 0.362. The van der Waals surface area contributed by atoms with E-state index in [1.165, 1.54) is 24.8 Å². The maximum absolute atomic E-state index is 5.77. The third kappa shape index (κ3) is 3.76. The van der Waals surface area contributed by atoms with Gasteiger partial charge in [0.2, 0.25) is 0 Å². The maximum atomic E-state index is 5.77. The van der Waals surface area contributed by atoms with E-state index in [1.807, 2.05) is 0 Å². The predicted molar refractivity (Wildman–Crippen MR) is 85.4 cm³/mol. The van der Waals surface area contributed by atoms with Crippen molar-refractivity contribution >= 4 is 0 Å². The highest BCUT2D eigenvalue weighted by Gasteiger charge is 2.38. The molecule has 2 rings (SSSR count). The summed E-state index contributed by atoms with van der Waals surface area (Å²) in [6.45, 7) is 10.7. The van der Waals surface area contributed by atoms with Gasteiger partial charge in [0.15, 0.2) is 0 Å². The summed E-state index contributed by atoms with van der Waals surface area (Å²) in [5.74, 6) is 1.57. The van der Waals surface area contributed by atoms with E-state index in [0.717, 1.165) is 18.9 Å². The number of hydrogen-bond acceptors (Lipinski definition) is 2. The highest BCUT2D eigenvalue weighted by Crippen LogP contribution is 2.43. The smallest absolute Gasteiger partial charge is 0.119 e. The minimum Gasteiger partial charge on any atom is -0.493 e. The first-order valence-corrected chi connectivity index (χ1v) is 7.98. The minimum atomic E-state index is 0.362. The summed E-state index contributed by atoms with van der Waals surface area (Å²) in [4.78, 5) is 0. The molecule has 20 heavy (non-hydrogen) atoms. The van der Waals surface area contributed by atoms with E-state index in [-0.39, 0.29) is 0 Å². The second-order valence-corrected chi connectivity index (χ2v) is 6.90.